The topological polar surface area (TPSA) is 47.6 Å². The van der Waals surface area contributed by atoms with Crippen molar-refractivity contribution >= 4 is 5.91 Å². The van der Waals surface area contributed by atoms with Gasteiger partial charge in [-0.2, -0.15) is 0 Å². The molecule has 28 heavy (non-hydrogen) atoms. The summed E-state index contributed by atoms with van der Waals surface area (Å²) in [7, 11) is 0. The molecule has 0 radical (unpaired) electrons. The van der Waals surface area contributed by atoms with E-state index in [1.807, 2.05) is 39.0 Å². The Morgan fingerprint density at radius 3 is 2.57 bits per heavy atom. The number of ether oxygens (including phenoxy) is 2. The van der Waals surface area contributed by atoms with Gasteiger partial charge in [0.15, 0.2) is 6.10 Å². The van der Waals surface area contributed by atoms with Crippen molar-refractivity contribution in [2.24, 2.45) is 0 Å². The van der Waals surface area contributed by atoms with E-state index >= 15 is 0 Å². The summed E-state index contributed by atoms with van der Waals surface area (Å²) in [5.41, 5.74) is 5.18. The van der Waals surface area contributed by atoms with Crippen molar-refractivity contribution in [3.8, 4) is 11.5 Å². The molecule has 1 N–H and O–H groups in total. The normalized spacial score (nSPS) is 18.6. The van der Waals surface area contributed by atoms with Crippen LogP contribution in [0.25, 0.3) is 0 Å². The summed E-state index contributed by atoms with van der Waals surface area (Å²) >= 11 is 0. The third-order valence-corrected chi connectivity index (χ3v) is 5.38. The lowest BCUT2D eigenvalue weighted by Gasteiger charge is -2.38. The molecule has 1 amide bonds. The predicted molar refractivity (Wildman–Crippen MR) is 112 cm³/mol. The van der Waals surface area contributed by atoms with Crippen molar-refractivity contribution in [2.45, 2.75) is 72.6 Å². The Morgan fingerprint density at radius 2 is 1.86 bits per heavy atom. The van der Waals surface area contributed by atoms with Crippen LogP contribution in [0.4, 0.5) is 0 Å². The number of rotatable bonds is 4. The monoisotopic (exact) mass is 381 g/mol. The number of fused-ring (bicyclic) bond motifs is 1. The molecule has 0 aliphatic carbocycles. The third kappa shape index (κ3) is 4.32. The Morgan fingerprint density at radius 1 is 1.14 bits per heavy atom. The molecule has 4 nitrogen and oxygen atoms in total. The zero-order valence-electron chi connectivity index (χ0n) is 18.0. The van der Waals surface area contributed by atoms with Crippen molar-refractivity contribution < 1.29 is 14.3 Å². The highest BCUT2D eigenvalue weighted by Gasteiger charge is 2.35. The van der Waals surface area contributed by atoms with Gasteiger partial charge in [0.1, 0.15) is 17.1 Å². The van der Waals surface area contributed by atoms with Crippen LogP contribution in [0.3, 0.4) is 0 Å². The molecule has 4 heteroatoms. The van der Waals surface area contributed by atoms with Crippen molar-refractivity contribution in [1.82, 2.24) is 5.32 Å². The van der Waals surface area contributed by atoms with Crippen molar-refractivity contribution in [3.05, 3.63) is 58.1 Å². The second-order valence-corrected chi connectivity index (χ2v) is 8.63. The Balaban J connectivity index is 1.77. The molecule has 1 aliphatic rings. The van der Waals surface area contributed by atoms with Crippen LogP contribution < -0.4 is 14.8 Å². The minimum absolute atomic E-state index is 0.0988. The summed E-state index contributed by atoms with van der Waals surface area (Å²) < 4.78 is 12.2. The van der Waals surface area contributed by atoms with Crippen molar-refractivity contribution in [1.29, 1.82) is 0 Å². The molecule has 2 atom stereocenters. The predicted octanol–water partition coefficient (Wildman–Crippen LogP) is 5.11. The lowest BCUT2D eigenvalue weighted by molar-refractivity contribution is -0.128. The van der Waals surface area contributed by atoms with Gasteiger partial charge in [-0.25, -0.2) is 0 Å². The Hall–Kier alpha value is -2.49. The molecule has 0 fully saturated rings. The molecule has 0 bridgehead atoms. The maximum Gasteiger partial charge on any atom is 0.261 e. The van der Waals surface area contributed by atoms with Crippen molar-refractivity contribution in [3.63, 3.8) is 0 Å². The van der Waals surface area contributed by atoms with Crippen LogP contribution in [0.2, 0.25) is 0 Å². The van der Waals surface area contributed by atoms with E-state index in [1.54, 1.807) is 6.92 Å². The maximum atomic E-state index is 12.9. The number of carbonyl (C=O) groups excluding carboxylic acids is 1. The molecule has 3 rings (SSSR count). The summed E-state index contributed by atoms with van der Waals surface area (Å²) in [6, 6.07) is 10.1. The number of carbonyl (C=O) groups is 1. The Kier molecular flexibility index (Phi) is 5.42. The molecule has 0 saturated carbocycles. The molecule has 0 saturated heterocycles. The fourth-order valence-corrected chi connectivity index (χ4v) is 3.74. The van der Waals surface area contributed by atoms with E-state index in [4.69, 9.17) is 9.47 Å². The SMILES string of the molecule is Cc1ccc2c(c1)OC(C)(C)C[C@H]2NC(=O)[C@H](C)Oc1cc(C)cc(C)c1C. The molecular formula is C24H31NO3. The lowest BCUT2D eigenvalue weighted by atomic mass is 9.89. The van der Waals surface area contributed by atoms with Gasteiger partial charge < -0.3 is 14.8 Å². The van der Waals surface area contributed by atoms with Gasteiger partial charge in [-0.15, -0.1) is 0 Å². The number of hydrogen-bond acceptors (Lipinski definition) is 3. The highest BCUT2D eigenvalue weighted by atomic mass is 16.5. The van der Waals surface area contributed by atoms with Gasteiger partial charge in [0.2, 0.25) is 0 Å². The first kappa shape index (κ1) is 20.2. The summed E-state index contributed by atoms with van der Waals surface area (Å²) in [4.78, 5) is 12.9. The quantitative estimate of drug-likeness (QED) is 0.801. The van der Waals surface area contributed by atoms with E-state index in [0.29, 0.717) is 6.42 Å². The summed E-state index contributed by atoms with van der Waals surface area (Å²) in [5.74, 6) is 1.50. The standard InChI is InChI=1S/C24H31NO3/c1-14-8-9-19-20(13-24(6,7)28-22(19)11-14)25-23(26)18(5)27-21-12-15(2)10-16(3)17(21)4/h8-12,18,20H,13H2,1-7H3,(H,25,26)/t18-,20+/m0/s1. The van der Waals surface area contributed by atoms with Crippen molar-refractivity contribution in [2.75, 3.05) is 0 Å². The Labute approximate surface area is 168 Å². The first-order chi connectivity index (χ1) is 13.1. The molecule has 0 aromatic heterocycles. The fourth-order valence-electron chi connectivity index (χ4n) is 3.74. The van der Waals surface area contributed by atoms with Gasteiger partial charge in [-0.05, 0) is 82.9 Å². The average molecular weight is 382 g/mol. The minimum atomic E-state index is -0.584. The van der Waals surface area contributed by atoms with E-state index in [1.165, 1.54) is 0 Å². The number of nitrogens with one attached hydrogen (secondary N) is 1. The van der Waals surface area contributed by atoms with Crippen LogP contribution >= 0.6 is 0 Å². The van der Waals surface area contributed by atoms with E-state index < -0.39 is 6.10 Å². The van der Waals surface area contributed by atoms with Gasteiger partial charge in [0, 0.05) is 12.0 Å². The molecule has 2 aromatic carbocycles. The smallest absolute Gasteiger partial charge is 0.261 e. The number of aryl methyl sites for hydroxylation is 3. The average Bonchev–Trinajstić information content (AvgIpc) is 2.57. The Bertz CT molecular complexity index is 901. The molecule has 150 valence electrons. The van der Waals surface area contributed by atoms with Gasteiger partial charge in [-0.3, -0.25) is 4.79 Å². The summed E-state index contributed by atoms with van der Waals surface area (Å²) in [6.07, 6.45) is 0.129. The van der Waals surface area contributed by atoms with Crippen LogP contribution in [-0.4, -0.2) is 17.6 Å². The number of benzene rings is 2. The fraction of sp³-hybridized carbons (Fsp3) is 0.458. The van der Waals surface area contributed by atoms with E-state index in [-0.39, 0.29) is 17.6 Å². The van der Waals surface area contributed by atoms with E-state index in [0.717, 1.165) is 39.3 Å². The molecule has 0 unspecified atom stereocenters. The lowest BCUT2D eigenvalue weighted by Crippen LogP contribution is -2.44. The van der Waals surface area contributed by atoms with E-state index in [9.17, 15) is 4.79 Å². The summed E-state index contributed by atoms with van der Waals surface area (Å²) in [5, 5.41) is 3.17. The third-order valence-electron chi connectivity index (χ3n) is 5.38. The highest BCUT2D eigenvalue weighted by Crippen LogP contribution is 2.40. The zero-order chi connectivity index (χ0) is 20.6. The first-order valence-electron chi connectivity index (χ1n) is 9.90. The first-order valence-corrected chi connectivity index (χ1v) is 9.90. The molecule has 1 heterocycles. The minimum Gasteiger partial charge on any atom is -0.487 e. The van der Waals surface area contributed by atoms with Crippen LogP contribution in [0.5, 0.6) is 11.5 Å². The molecular weight excluding hydrogens is 350 g/mol. The molecule has 2 aromatic rings. The number of amides is 1. The zero-order valence-corrected chi connectivity index (χ0v) is 18.0. The maximum absolute atomic E-state index is 12.9. The van der Waals surface area contributed by atoms with Crippen LogP contribution in [0, 0.1) is 27.7 Å². The van der Waals surface area contributed by atoms with Gasteiger partial charge in [0.05, 0.1) is 6.04 Å². The van der Waals surface area contributed by atoms with Crippen LogP contribution in [0.1, 0.15) is 61.1 Å². The van der Waals surface area contributed by atoms with Crippen LogP contribution in [-0.2, 0) is 4.79 Å². The summed E-state index contributed by atoms with van der Waals surface area (Å²) in [6.45, 7) is 14.1. The number of hydrogen-bond donors (Lipinski definition) is 1. The second-order valence-electron chi connectivity index (χ2n) is 8.63. The second kappa shape index (κ2) is 7.50. The van der Waals surface area contributed by atoms with Gasteiger partial charge >= 0.3 is 0 Å². The highest BCUT2D eigenvalue weighted by molar-refractivity contribution is 5.81. The van der Waals surface area contributed by atoms with Gasteiger partial charge in [-0.1, -0.05) is 18.2 Å². The molecule has 1 aliphatic heterocycles. The van der Waals surface area contributed by atoms with Crippen LogP contribution in [0.15, 0.2) is 30.3 Å². The van der Waals surface area contributed by atoms with E-state index in [2.05, 4.69) is 38.2 Å². The van der Waals surface area contributed by atoms with Gasteiger partial charge in [0.25, 0.3) is 5.91 Å². The molecule has 0 spiro atoms. The largest absolute Gasteiger partial charge is 0.487 e.